The van der Waals surface area contributed by atoms with Crippen molar-refractivity contribution < 1.29 is 14.7 Å². The molecule has 9 heteroatoms. The maximum Gasteiger partial charge on any atom is 0.242 e. The highest BCUT2D eigenvalue weighted by Gasteiger charge is 2.22. The number of rotatable bonds is 9. The van der Waals surface area contributed by atoms with E-state index in [0.717, 1.165) is 5.56 Å². The van der Waals surface area contributed by atoms with Gasteiger partial charge in [0.25, 0.3) is 0 Å². The van der Waals surface area contributed by atoms with E-state index < -0.39 is 11.7 Å². The van der Waals surface area contributed by atoms with Gasteiger partial charge in [-0.3, -0.25) is 14.6 Å². The minimum atomic E-state index is -0.644. The molecule has 3 atom stereocenters. The SMILES string of the molecule is CNC(=O)C(CCCN=C(N)N)NC(=O)C(P)Cc1ccc(O)cc1. The number of nitrogens with two attached hydrogens (primary N) is 2. The van der Waals surface area contributed by atoms with Gasteiger partial charge in [0, 0.05) is 13.6 Å². The molecular weight excluding hydrogens is 341 g/mol. The highest BCUT2D eigenvalue weighted by Crippen LogP contribution is 2.15. The van der Waals surface area contributed by atoms with Crippen molar-refractivity contribution in [2.75, 3.05) is 13.6 Å². The number of hydrogen-bond donors (Lipinski definition) is 5. The van der Waals surface area contributed by atoms with Gasteiger partial charge in [-0.2, -0.15) is 0 Å². The third-order valence-corrected chi connectivity index (χ3v) is 4.09. The molecule has 0 aliphatic heterocycles. The molecule has 138 valence electrons. The normalized spacial score (nSPS) is 12.7. The van der Waals surface area contributed by atoms with Crippen LogP contribution in [0.25, 0.3) is 0 Å². The van der Waals surface area contributed by atoms with Crippen molar-refractivity contribution in [1.29, 1.82) is 0 Å². The van der Waals surface area contributed by atoms with Gasteiger partial charge in [-0.25, -0.2) is 0 Å². The lowest BCUT2D eigenvalue weighted by atomic mass is 10.1. The smallest absolute Gasteiger partial charge is 0.242 e. The number of nitrogens with zero attached hydrogens (tertiary/aromatic N) is 1. The zero-order chi connectivity index (χ0) is 18.8. The topological polar surface area (TPSA) is 143 Å². The van der Waals surface area contributed by atoms with Crippen LogP contribution in [0.2, 0.25) is 0 Å². The lowest BCUT2D eigenvalue weighted by Gasteiger charge is -2.19. The van der Waals surface area contributed by atoms with E-state index in [9.17, 15) is 14.7 Å². The molecule has 0 heterocycles. The van der Waals surface area contributed by atoms with E-state index in [0.29, 0.717) is 25.8 Å². The second-order valence-electron chi connectivity index (χ2n) is 5.60. The summed E-state index contributed by atoms with van der Waals surface area (Å²) in [6.07, 6.45) is 1.47. The number of benzene rings is 1. The Labute approximate surface area is 149 Å². The van der Waals surface area contributed by atoms with E-state index >= 15 is 0 Å². The molecule has 1 rings (SSSR count). The summed E-state index contributed by atoms with van der Waals surface area (Å²) in [7, 11) is 4.00. The average Bonchev–Trinajstić information content (AvgIpc) is 2.58. The highest BCUT2D eigenvalue weighted by molar-refractivity contribution is 7.19. The van der Waals surface area contributed by atoms with Crippen LogP contribution in [-0.4, -0.2) is 48.2 Å². The molecule has 2 amide bonds. The van der Waals surface area contributed by atoms with Crippen LogP contribution in [0.1, 0.15) is 18.4 Å². The molecule has 3 unspecified atom stereocenters. The molecule has 8 nitrogen and oxygen atoms in total. The van der Waals surface area contributed by atoms with Crippen LogP contribution >= 0.6 is 9.24 Å². The molecule has 1 aromatic carbocycles. The molecule has 0 aliphatic carbocycles. The number of carbonyl (C=O) groups excluding carboxylic acids is 2. The minimum absolute atomic E-state index is 0.000510. The Morgan fingerprint density at radius 3 is 2.44 bits per heavy atom. The fourth-order valence-corrected chi connectivity index (χ4v) is 2.57. The van der Waals surface area contributed by atoms with Crippen LogP contribution < -0.4 is 22.1 Å². The molecule has 0 radical (unpaired) electrons. The number of phenols is 1. The summed E-state index contributed by atoms with van der Waals surface area (Å²) in [6.45, 7) is 0.392. The van der Waals surface area contributed by atoms with E-state index in [4.69, 9.17) is 11.5 Å². The van der Waals surface area contributed by atoms with Gasteiger partial charge in [0.05, 0.1) is 5.66 Å². The number of guanidine groups is 1. The minimum Gasteiger partial charge on any atom is -0.508 e. The summed E-state index contributed by atoms with van der Waals surface area (Å²) >= 11 is 0. The average molecular weight is 367 g/mol. The second-order valence-corrected chi connectivity index (χ2v) is 6.41. The van der Waals surface area contributed by atoms with Crippen molar-refractivity contribution in [2.24, 2.45) is 16.5 Å². The van der Waals surface area contributed by atoms with E-state index in [1.807, 2.05) is 0 Å². The van der Waals surface area contributed by atoms with Crippen molar-refractivity contribution in [3.63, 3.8) is 0 Å². The zero-order valence-electron chi connectivity index (χ0n) is 14.2. The molecule has 1 aromatic rings. The molecule has 0 saturated heterocycles. The van der Waals surface area contributed by atoms with Crippen molar-refractivity contribution >= 4 is 27.0 Å². The third kappa shape index (κ3) is 7.85. The molecule has 0 aromatic heterocycles. The molecule has 0 saturated carbocycles. The molecule has 7 N–H and O–H groups in total. The van der Waals surface area contributed by atoms with Gasteiger partial charge in [-0.1, -0.05) is 12.1 Å². The maximum atomic E-state index is 12.4. The fraction of sp³-hybridized carbons (Fsp3) is 0.438. The second kappa shape index (κ2) is 10.5. The van der Waals surface area contributed by atoms with Crippen molar-refractivity contribution in [3.05, 3.63) is 29.8 Å². The zero-order valence-corrected chi connectivity index (χ0v) is 15.4. The lowest BCUT2D eigenvalue weighted by molar-refractivity contribution is -0.128. The predicted octanol–water partition coefficient (Wildman–Crippen LogP) is -0.537. The molecule has 25 heavy (non-hydrogen) atoms. The van der Waals surface area contributed by atoms with Gasteiger partial charge in [-0.15, -0.1) is 9.24 Å². The van der Waals surface area contributed by atoms with E-state index in [2.05, 4.69) is 24.9 Å². The number of carbonyl (C=O) groups is 2. The van der Waals surface area contributed by atoms with Crippen LogP contribution in [0.15, 0.2) is 29.3 Å². The van der Waals surface area contributed by atoms with Crippen molar-refractivity contribution in [1.82, 2.24) is 10.6 Å². The van der Waals surface area contributed by atoms with Crippen molar-refractivity contribution in [3.8, 4) is 5.75 Å². The number of aromatic hydroxyl groups is 1. The summed E-state index contributed by atoms with van der Waals surface area (Å²) in [5, 5.41) is 14.6. The number of amides is 2. The van der Waals surface area contributed by atoms with Gasteiger partial charge in [0.2, 0.25) is 11.8 Å². The first-order valence-electron chi connectivity index (χ1n) is 7.94. The van der Waals surface area contributed by atoms with Gasteiger partial charge < -0.3 is 27.2 Å². The Kier molecular flexibility index (Phi) is 8.70. The Balaban J connectivity index is 2.58. The first kappa shape index (κ1) is 20.7. The Morgan fingerprint density at radius 1 is 1.24 bits per heavy atom. The van der Waals surface area contributed by atoms with Crippen LogP contribution in [0.5, 0.6) is 5.75 Å². The largest absolute Gasteiger partial charge is 0.508 e. The summed E-state index contributed by atoms with van der Waals surface area (Å²) in [5.74, 6) is -0.332. The van der Waals surface area contributed by atoms with Crippen LogP contribution in [0, 0.1) is 0 Å². The Bertz CT molecular complexity index is 602. The lowest BCUT2D eigenvalue weighted by Crippen LogP contribution is -2.48. The Morgan fingerprint density at radius 2 is 1.88 bits per heavy atom. The first-order chi connectivity index (χ1) is 11.8. The van der Waals surface area contributed by atoms with Crippen LogP contribution in [0.4, 0.5) is 0 Å². The quantitative estimate of drug-likeness (QED) is 0.172. The summed E-state index contributed by atoms with van der Waals surface area (Å²) < 4.78 is 0. The first-order valence-corrected chi connectivity index (χ1v) is 8.61. The molecular formula is C16H26N5O3P. The molecule has 0 fully saturated rings. The monoisotopic (exact) mass is 367 g/mol. The van der Waals surface area contributed by atoms with Crippen molar-refractivity contribution in [2.45, 2.75) is 31.0 Å². The number of aliphatic imine (C=N–C) groups is 1. The van der Waals surface area contributed by atoms with Gasteiger partial charge in [0.15, 0.2) is 5.96 Å². The maximum absolute atomic E-state index is 12.4. The Hall–Kier alpha value is -2.34. The summed E-state index contributed by atoms with van der Waals surface area (Å²) in [4.78, 5) is 28.2. The van der Waals surface area contributed by atoms with Gasteiger partial charge in [-0.05, 0) is 37.0 Å². The van der Waals surface area contributed by atoms with Gasteiger partial charge >= 0.3 is 0 Å². The number of hydrogen-bond acceptors (Lipinski definition) is 4. The number of nitrogens with one attached hydrogen (secondary N) is 2. The standard InChI is InChI=1S/C16H26N5O3P/c1-19-14(23)12(3-2-8-20-16(17)18)21-15(24)13(25)9-10-4-6-11(22)7-5-10/h4-7,12-13,22H,2-3,8-9,25H2,1H3,(H,19,23)(H,21,24)(H4,17,18,20). The molecule has 0 bridgehead atoms. The summed E-state index contributed by atoms with van der Waals surface area (Å²) in [5.41, 5.74) is 11.0. The highest BCUT2D eigenvalue weighted by atomic mass is 31.0. The third-order valence-electron chi connectivity index (χ3n) is 3.55. The molecule has 0 aliphatic rings. The predicted molar refractivity (Wildman–Crippen MR) is 101 cm³/mol. The summed E-state index contributed by atoms with van der Waals surface area (Å²) in [6, 6.07) is 6.01. The van der Waals surface area contributed by atoms with E-state index in [1.165, 1.54) is 7.05 Å². The number of likely N-dealkylation sites (N-methyl/N-ethyl adjacent to an activating group) is 1. The van der Waals surface area contributed by atoms with E-state index in [1.54, 1.807) is 24.3 Å². The number of phenolic OH excluding ortho intramolecular Hbond substituents is 1. The van der Waals surface area contributed by atoms with Crippen LogP contribution in [0.3, 0.4) is 0 Å². The fourth-order valence-electron chi connectivity index (χ4n) is 2.20. The molecule has 0 spiro atoms. The van der Waals surface area contributed by atoms with E-state index in [-0.39, 0.29) is 23.5 Å². The van der Waals surface area contributed by atoms with Crippen LogP contribution in [-0.2, 0) is 16.0 Å². The van der Waals surface area contributed by atoms with Gasteiger partial charge in [0.1, 0.15) is 11.8 Å².